The number of methoxy groups -OCH3 is 1. The molecule has 0 aromatic heterocycles. The Morgan fingerprint density at radius 1 is 1.35 bits per heavy atom. The molecule has 1 amide bonds. The zero-order chi connectivity index (χ0) is 21.4. The molecular formula is C22H35IN4O3S. The average molecular weight is 563 g/mol. The summed E-state index contributed by atoms with van der Waals surface area (Å²) in [5.41, 5.74) is 1.23. The fourth-order valence-corrected chi connectivity index (χ4v) is 5.14. The number of halogens is 1. The number of likely N-dealkylation sites (N-methyl/N-ethyl adjacent to an activating group) is 1. The summed E-state index contributed by atoms with van der Waals surface area (Å²) in [5, 5.41) is 6.97. The van der Waals surface area contributed by atoms with Gasteiger partial charge < -0.3 is 25.0 Å². The first kappa shape index (κ1) is 26.1. The highest BCUT2D eigenvalue weighted by Gasteiger charge is 2.40. The summed E-state index contributed by atoms with van der Waals surface area (Å²) in [4.78, 5) is 18.1. The van der Waals surface area contributed by atoms with Crippen molar-refractivity contribution in [2.24, 2.45) is 4.99 Å². The van der Waals surface area contributed by atoms with Gasteiger partial charge in [-0.3, -0.25) is 4.79 Å². The fourth-order valence-electron chi connectivity index (χ4n) is 3.77. The highest BCUT2D eigenvalue weighted by atomic mass is 127. The summed E-state index contributed by atoms with van der Waals surface area (Å²) in [7, 11) is 5.18. The molecule has 0 saturated carbocycles. The van der Waals surface area contributed by atoms with Crippen molar-refractivity contribution in [3.05, 3.63) is 29.8 Å². The number of hydrogen-bond donors (Lipinski definition) is 2. The van der Waals surface area contributed by atoms with E-state index >= 15 is 0 Å². The molecule has 1 aromatic carbocycles. The van der Waals surface area contributed by atoms with Crippen molar-refractivity contribution in [2.45, 2.75) is 37.3 Å². The maximum Gasteiger partial charge on any atom is 0.243 e. The van der Waals surface area contributed by atoms with Crippen molar-refractivity contribution >= 4 is 47.6 Å². The molecule has 2 aliphatic heterocycles. The third-order valence-corrected chi connectivity index (χ3v) is 6.86. The molecule has 0 radical (unpaired) electrons. The minimum atomic E-state index is -0.0121. The molecule has 1 aromatic rings. The van der Waals surface area contributed by atoms with Crippen LogP contribution in [0.4, 0.5) is 0 Å². The second kappa shape index (κ2) is 12.7. The number of nitrogens with zero attached hydrogens (tertiary/aromatic N) is 2. The number of amides is 1. The molecule has 2 saturated heterocycles. The molecular weight excluding hydrogens is 527 g/mol. The Morgan fingerprint density at radius 3 is 2.77 bits per heavy atom. The molecule has 1 spiro atoms. The van der Waals surface area contributed by atoms with E-state index in [4.69, 9.17) is 9.47 Å². The van der Waals surface area contributed by atoms with Crippen LogP contribution in [-0.2, 0) is 16.0 Å². The SMILES string of the molecule is COc1ccc(CCNC(=NCC(=O)N(C)C)NC2CCOC3(CCSC3)C2)cc1.I. The first-order valence-electron chi connectivity index (χ1n) is 10.6. The summed E-state index contributed by atoms with van der Waals surface area (Å²) in [5.74, 6) is 3.79. The lowest BCUT2D eigenvalue weighted by atomic mass is 9.90. The van der Waals surface area contributed by atoms with Crippen molar-refractivity contribution in [3.63, 3.8) is 0 Å². The minimum Gasteiger partial charge on any atom is -0.497 e. The average Bonchev–Trinajstić information content (AvgIpc) is 3.19. The van der Waals surface area contributed by atoms with Gasteiger partial charge in [-0.1, -0.05) is 12.1 Å². The number of benzene rings is 1. The molecule has 174 valence electrons. The van der Waals surface area contributed by atoms with Crippen molar-refractivity contribution in [3.8, 4) is 5.75 Å². The van der Waals surface area contributed by atoms with E-state index in [-0.39, 0.29) is 42.0 Å². The minimum absolute atomic E-state index is 0. The molecule has 2 fully saturated rings. The summed E-state index contributed by atoms with van der Waals surface area (Å²) in [6.45, 7) is 1.64. The number of aliphatic imine (C=N–C) groups is 1. The Balaban J connectivity index is 0.00000341. The van der Waals surface area contributed by atoms with Gasteiger partial charge in [0.15, 0.2) is 5.96 Å². The Labute approximate surface area is 207 Å². The lowest BCUT2D eigenvalue weighted by molar-refractivity contribution is -0.127. The third-order valence-electron chi connectivity index (χ3n) is 5.64. The number of hydrogen-bond acceptors (Lipinski definition) is 5. The van der Waals surface area contributed by atoms with Gasteiger partial charge in [-0.25, -0.2) is 4.99 Å². The van der Waals surface area contributed by atoms with Gasteiger partial charge in [0.1, 0.15) is 12.3 Å². The quantitative estimate of drug-likeness (QED) is 0.303. The Kier molecular flexibility index (Phi) is 10.7. The van der Waals surface area contributed by atoms with Gasteiger partial charge in [0.2, 0.25) is 5.91 Å². The van der Waals surface area contributed by atoms with Crippen LogP contribution in [0.5, 0.6) is 5.75 Å². The second-order valence-corrected chi connectivity index (χ2v) is 9.25. The fraction of sp³-hybridized carbons (Fsp3) is 0.636. The van der Waals surface area contributed by atoms with Crippen LogP contribution in [0.3, 0.4) is 0 Å². The van der Waals surface area contributed by atoms with Crippen LogP contribution < -0.4 is 15.4 Å². The van der Waals surface area contributed by atoms with E-state index in [0.717, 1.165) is 50.3 Å². The molecule has 2 unspecified atom stereocenters. The van der Waals surface area contributed by atoms with Crippen LogP contribution in [0.15, 0.2) is 29.3 Å². The zero-order valence-electron chi connectivity index (χ0n) is 18.7. The molecule has 2 aliphatic rings. The van der Waals surface area contributed by atoms with E-state index in [1.165, 1.54) is 11.3 Å². The van der Waals surface area contributed by atoms with Crippen molar-refractivity contribution in [1.82, 2.24) is 15.5 Å². The van der Waals surface area contributed by atoms with Crippen molar-refractivity contribution < 1.29 is 14.3 Å². The van der Waals surface area contributed by atoms with E-state index in [1.54, 1.807) is 26.1 Å². The molecule has 0 bridgehead atoms. The lowest BCUT2D eigenvalue weighted by Gasteiger charge is -2.38. The van der Waals surface area contributed by atoms with Gasteiger partial charge in [-0.2, -0.15) is 11.8 Å². The Bertz CT molecular complexity index is 724. The molecule has 31 heavy (non-hydrogen) atoms. The zero-order valence-corrected chi connectivity index (χ0v) is 21.8. The number of carbonyl (C=O) groups is 1. The standard InChI is InChI=1S/C22H34N4O3S.HI/c1-26(2)20(27)15-24-21(23-11-8-17-4-6-19(28-3)7-5-17)25-18-9-12-29-22(14-18)10-13-30-16-22;/h4-7,18H,8-16H2,1-3H3,(H2,23,24,25);1H. The Hall–Kier alpha value is -1.20. The van der Waals surface area contributed by atoms with E-state index < -0.39 is 0 Å². The van der Waals surface area contributed by atoms with E-state index in [2.05, 4.69) is 27.8 Å². The number of carbonyl (C=O) groups excluding carboxylic acids is 1. The number of nitrogens with one attached hydrogen (secondary N) is 2. The molecule has 2 atom stereocenters. The highest BCUT2D eigenvalue weighted by molar-refractivity contribution is 14.0. The molecule has 3 rings (SSSR count). The normalized spacial score (nSPS) is 23.2. The van der Waals surface area contributed by atoms with Gasteiger partial charge in [0, 0.05) is 39.0 Å². The third kappa shape index (κ3) is 8.02. The van der Waals surface area contributed by atoms with Crippen molar-refractivity contribution in [2.75, 3.05) is 52.4 Å². The van der Waals surface area contributed by atoms with Gasteiger partial charge >= 0.3 is 0 Å². The summed E-state index contributed by atoms with van der Waals surface area (Å²) < 4.78 is 11.4. The van der Waals surface area contributed by atoms with Crippen LogP contribution in [-0.4, -0.2) is 80.8 Å². The van der Waals surface area contributed by atoms with Gasteiger partial charge in [0.25, 0.3) is 0 Å². The molecule has 9 heteroatoms. The smallest absolute Gasteiger partial charge is 0.243 e. The largest absolute Gasteiger partial charge is 0.497 e. The van der Waals surface area contributed by atoms with Gasteiger partial charge in [0.05, 0.1) is 12.7 Å². The molecule has 2 N–H and O–H groups in total. The van der Waals surface area contributed by atoms with Gasteiger partial charge in [-0.15, -0.1) is 24.0 Å². The number of ether oxygens (including phenoxy) is 2. The van der Waals surface area contributed by atoms with Crippen molar-refractivity contribution in [1.29, 1.82) is 0 Å². The number of guanidine groups is 1. The highest BCUT2D eigenvalue weighted by Crippen LogP contribution is 2.38. The summed E-state index contributed by atoms with van der Waals surface area (Å²) >= 11 is 1.97. The lowest BCUT2D eigenvalue weighted by Crippen LogP contribution is -2.52. The van der Waals surface area contributed by atoms with Crippen LogP contribution in [0, 0.1) is 0 Å². The monoisotopic (exact) mass is 562 g/mol. The predicted molar refractivity (Wildman–Crippen MR) is 138 cm³/mol. The topological polar surface area (TPSA) is 75.2 Å². The maximum atomic E-state index is 12.0. The first-order valence-corrected chi connectivity index (χ1v) is 11.7. The molecule has 7 nitrogen and oxygen atoms in total. The first-order chi connectivity index (χ1) is 14.5. The van der Waals surface area contributed by atoms with E-state index in [0.29, 0.717) is 12.0 Å². The number of thioether (sulfide) groups is 1. The van der Waals surface area contributed by atoms with Crippen LogP contribution in [0.25, 0.3) is 0 Å². The van der Waals surface area contributed by atoms with E-state index in [1.807, 2.05) is 23.9 Å². The predicted octanol–water partition coefficient (Wildman–Crippen LogP) is 2.53. The van der Waals surface area contributed by atoms with Crippen LogP contribution >= 0.6 is 35.7 Å². The van der Waals surface area contributed by atoms with Crippen LogP contribution in [0.1, 0.15) is 24.8 Å². The number of rotatable bonds is 7. The second-order valence-electron chi connectivity index (χ2n) is 8.15. The Morgan fingerprint density at radius 2 is 2.13 bits per heavy atom. The van der Waals surface area contributed by atoms with E-state index in [9.17, 15) is 4.79 Å². The molecule has 0 aliphatic carbocycles. The summed E-state index contributed by atoms with van der Waals surface area (Å²) in [6.07, 6.45) is 3.92. The summed E-state index contributed by atoms with van der Waals surface area (Å²) in [6, 6.07) is 8.39. The van der Waals surface area contributed by atoms with Crippen LogP contribution in [0.2, 0.25) is 0 Å². The maximum absolute atomic E-state index is 12.0. The van der Waals surface area contributed by atoms with Gasteiger partial charge in [-0.05, 0) is 49.1 Å². The molecule has 2 heterocycles.